The molecule has 2 fully saturated rings. The molecule has 7 heteroatoms. The third-order valence-electron chi connectivity index (χ3n) is 4.95. The number of carbonyl (C=O) groups is 3. The van der Waals surface area contributed by atoms with Crippen molar-refractivity contribution in [1.82, 2.24) is 15.1 Å². The fraction of sp³-hybridized carbons (Fsp3) is 0.444. The molecule has 130 valence electrons. The second kappa shape index (κ2) is 6.55. The van der Waals surface area contributed by atoms with Gasteiger partial charge in [-0.2, -0.15) is 5.26 Å². The monoisotopic (exact) mass is 340 g/mol. The summed E-state index contributed by atoms with van der Waals surface area (Å²) in [5.41, 5.74) is 0.979. The molecule has 0 aromatic heterocycles. The summed E-state index contributed by atoms with van der Waals surface area (Å²) in [5.74, 6) is -0.398. The van der Waals surface area contributed by atoms with E-state index >= 15 is 0 Å². The molecule has 1 aromatic carbocycles. The normalized spacial score (nSPS) is 25.3. The molecule has 1 aromatic rings. The Hall–Kier alpha value is -2.88. The van der Waals surface area contributed by atoms with E-state index in [2.05, 4.69) is 5.32 Å². The summed E-state index contributed by atoms with van der Waals surface area (Å²) in [5, 5.41) is 11.8. The van der Waals surface area contributed by atoms with Crippen LogP contribution in [-0.4, -0.2) is 58.7 Å². The number of carbonyl (C=O) groups excluding carboxylic acids is 3. The van der Waals surface area contributed by atoms with Crippen molar-refractivity contribution in [2.45, 2.75) is 38.4 Å². The minimum Gasteiger partial charge on any atom is -0.347 e. The van der Waals surface area contributed by atoms with E-state index in [0.717, 1.165) is 0 Å². The molecule has 0 aliphatic carbocycles. The van der Waals surface area contributed by atoms with E-state index < -0.39 is 6.04 Å². The zero-order chi connectivity index (χ0) is 18.1. The molecule has 2 aliphatic rings. The van der Waals surface area contributed by atoms with Crippen molar-refractivity contribution in [1.29, 1.82) is 5.26 Å². The maximum atomic E-state index is 12.5. The Morgan fingerprint density at radius 1 is 1.24 bits per heavy atom. The van der Waals surface area contributed by atoms with Gasteiger partial charge in [0.2, 0.25) is 11.8 Å². The van der Waals surface area contributed by atoms with Crippen LogP contribution in [0.15, 0.2) is 24.3 Å². The van der Waals surface area contributed by atoms with Gasteiger partial charge in [0.1, 0.15) is 6.04 Å². The second-order valence-corrected chi connectivity index (χ2v) is 6.59. The van der Waals surface area contributed by atoms with E-state index in [1.807, 2.05) is 6.07 Å². The van der Waals surface area contributed by atoms with Crippen molar-refractivity contribution in [3.05, 3.63) is 35.4 Å². The molecule has 3 rings (SSSR count). The molecule has 25 heavy (non-hydrogen) atoms. The first-order valence-electron chi connectivity index (χ1n) is 8.29. The quantitative estimate of drug-likeness (QED) is 0.849. The summed E-state index contributed by atoms with van der Waals surface area (Å²) in [7, 11) is 0. The lowest BCUT2D eigenvalue weighted by atomic mass is 10.1. The Morgan fingerprint density at radius 2 is 1.92 bits per heavy atom. The first-order chi connectivity index (χ1) is 11.9. The molecule has 3 amide bonds. The summed E-state index contributed by atoms with van der Waals surface area (Å²) in [6.45, 7) is 4.17. The summed E-state index contributed by atoms with van der Waals surface area (Å²) in [6, 6.07) is 7.78. The minimum absolute atomic E-state index is 0.0566. The Bertz CT molecular complexity index is 753. The van der Waals surface area contributed by atoms with Crippen molar-refractivity contribution in [2.75, 3.05) is 13.1 Å². The first kappa shape index (κ1) is 17.0. The average Bonchev–Trinajstić information content (AvgIpc) is 3.00. The van der Waals surface area contributed by atoms with E-state index in [1.165, 1.54) is 6.92 Å². The zero-order valence-corrected chi connectivity index (χ0v) is 14.2. The van der Waals surface area contributed by atoms with Crippen LogP contribution in [0.25, 0.3) is 0 Å². The number of nitriles is 1. The van der Waals surface area contributed by atoms with Crippen molar-refractivity contribution in [2.24, 2.45) is 0 Å². The number of fused-ring (bicyclic) bond motifs is 1. The van der Waals surface area contributed by atoms with Crippen LogP contribution in [0.2, 0.25) is 0 Å². The maximum Gasteiger partial charge on any atom is 0.251 e. The maximum absolute atomic E-state index is 12.5. The molecule has 7 nitrogen and oxygen atoms in total. The smallest absolute Gasteiger partial charge is 0.251 e. The van der Waals surface area contributed by atoms with Crippen LogP contribution in [0.5, 0.6) is 0 Å². The van der Waals surface area contributed by atoms with Gasteiger partial charge in [0.15, 0.2) is 0 Å². The fourth-order valence-electron chi connectivity index (χ4n) is 3.59. The standard InChI is InChI=1S/C18H20N4O3/c1-11-18(25)22-9-15(7-16(22)10-21(11)12(2)23)20-17(24)14-5-3-13(8-19)4-6-14/h3-6,11,15-16H,7,9-10H2,1-2H3,(H,20,24)/t11-,15-,16-/m0/s1. The van der Waals surface area contributed by atoms with Gasteiger partial charge in [0.25, 0.3) is 5.91 Å². The molecule has 3 atom stereocenters. The van der Waals surface area contributed by atoms with Crippen molar-refractivity contribution in [3.8, 4) is 6.07 Å². The molecular weight excluding hydrogens is 320 g/mol. The van der Waals surface area contributed by atoms with Crippen LogP contribution < -0.4 is 5.32 Å². The molecule has 0 bridgehead atoms. The van der Waals surface area contributed by atoms with E-state index in [9.17, 15) is 14.4 Å². The number of piperazine rings is 1. The van der Waals surface area contributed by atoms with Crippen LogP contribution in [-0.2, 0) is 9.59 Å². The number of benzene rings is 1. The third-order valence-corrected chi connectivity index (χ3v) is 4.95. The summed E-state index contributed by atoms with van der Waals surface area (Å²) in [6.07, 6.45) is 0.629. The van der Waals surface area contributed by atoms with Gasteiger partial charge in [0, 0.05) is 31.6 Å². The molecule has 2 saturated heterocycles. The lowest BCUT2D eigenvalue weighted by molar-refractivity contribution is -0.151. The number of rotatable bonds is 2. The first-order valence-corrected chi connectivity index (χ1v) is 8.29. The van der Waals surface area contributed by atoms with Gasteiger partial charge in [0.05, 0.1) is 17.7 Å². The average molecular weight is 340 g/mol. The minimum atomic E-state index is -0.457. The van der Waals surface area contributed by atoms with Gasteiger partial charge >= 0.3 is 0 Å². The van der Waals surface area contributed by atoms with Crippen LogP contribution in [0.4, 0.5) is 0 Å². The van der Waals surface area contributed by atoms with E-state index in [1.54, 1.807) is 41.0 Å². The van der Waals surface area contributed by atoms with Gasteiger partial charge in [-0.05, 0) is 37.6 Å². The predicted molar refractivity (Wildman–Crippen MR) is 89.4 cm³/mol. The Labute approximate surface area is 146 Å². The van der Waals surface area contributed by atoms with E-state index in [4.69, 9.17) is 5.26 Å². The summed E-state index contributed by atoms with van der Waals surface area (Å²) < 4.78 is 0. The lowest BCUT2D eigenvalue weighted by Gasteiger charge is -2.40. The molecule has 0 spiro atoms. The number of amides is 3. The van der Waals surface area contributed by atoms with Crippen molar-refractivity contribution in [3.63, 3.8) is 0 Å². The van der Waals surface area contributed by atoms with Crippen molar-refractivity contribution >= 4 is 17.7 Å². The van der Waals surface area contributed by atoms with Gasteiger partial charge in [-0.1, -0.05) is 0 Å². The SMILES string of the molecule is CC(=O)N1C[C@@H]2C[C@H](NC(=O)c3ccc(C#N)cc3)CN2C(=O)[C@@H]1C. The fourth-order valence-corrected chi connectivity index (χ4v) is 3.59. The van der Waals surface area contributed by atoms with Crippen LogP contribution in [0.3, 0.4) is 0 Å². The molecular formula is C18H20N4O3. The Balaban J connectivity index is 1.66. The van der Waals surface area contributed by atoms with Gasteiger partial charge < -0.3 is 15.1 Å². The Kier molecular flexibility index (Phi) is 4.45. The van der Waals surface area contributed by atoms with Crippen LogP contribution in [0.1, 0.15) is 36.2 Å². The largest absolute Gasteiger partial charge is 0.347 e. The van der Waals surface area contributed by atoms with Gasteiger partial charge in [-0.25, -0.2) is 0 Å². The molecule has 1 N–H and O–H groups in total. The molecule has 2 aliphatic heterocycles. The molecule has 0 radical (unpaired) electrons. The topological polar surface area (TPSA) is 93.5 Å². The zero-order valence-electron chi connectivity index (χ0n) is 14.2. The Morgan fingerprint density at radius 3 is 2.52 bits per heavy atom. The highest BCUT2D eigenvalue weighted by Crippen LogP contribution is 2.26. The number of nitrogens with zero attached hydrogens (tertiary/aromatic N) is 3. The molecule has 0 unspecified atom stereocenters. The van der Waals surface area contributed by atoms with Crippen LogP contribution >= 0.6 is 0 Å². The van der Waals surface area contributed by atoms with E-state index in [-0.39, 0.29) is 29.8 Å². The van der Waals surface area contributed by atoms with Gasteiger partial charge in [-0.15, -0.1) is 0 Å². The van der Waals surface area contributed by atoms with Crippen molar-refractivity contribution < 1.29 is 14.4 Å². The number of hydrogen-bond acceptors (Lipinski definition) is 4. The lowest BCUT2D eigenvalue weighted by Crippen LogP contribution is -2.59. The highest BCUT2D eigenvalue weighted by Gasteiger charge is 2.44. The van der Waals surface area contributed by atoms with Crippen LogP contribution in [0, 0.1) is 11.3 Å². The highest BCUT2D eigenvalue weighted by molar-refractivity contribution is 5.94. The van der Waals surface area contributed by atoms with Gasteiger partial charge in [-0.3, -0.25) is 14.4 Å². The second-order valence-electron chi connectivity index (χ2n) is 6.59. The highest BCUT2D eigenvalue weighted by atomic mass is 16.2. The molecule has 0 saturated carbocycles. The third kappa shape index (κ3) is 3.20. The summed E-state index contributed by atoms with van der Waals surface area (Å²) in [4.78, 5) is 39.9. The predicted octanol–water partition coefficient (Wildman–Crippen LogP) is 0.508. The van der Waals surface area contributed by atoms with E-state index in [0.29, 0.717) is 30.6 Å². The summed E-state index contributed by atoms with van der Waals surface area (Å²) >= 11 is 0. The molecule has 2 heterocycles. The number of nitrogens with one attached hydrogen (secondary N) is 1. The number of hydrogen-bond donors (Lipinski definition) is 1.